The molecule has 3 unspecified atom stereocenters. The summed E-state index contributed by atoms with van der Waals surface area (Å²) in [5, 5.41) is 2.16. The Morgan fingerprint density at radius 2 is 2.25 bits per heavy atom. The van der Waals surface area contributed by atoms with Crippen LogP contribution in [-0.2, 0) is 11.2 Å². The van der Waals surface area contributed by atoms with E-state index < -0.39 is 0 Å². The maximum absolute atomic E-state index is 12.9. The summed E-state index contributed by atoms with van der Waals surface area (Å²) < 4.78 is 0. The molecule has 0 bridgehead atoms. The third-order valence-electron chi connectivity index (χ3n) is 4.90. The zero-order valence-corrected chi connectivity index (χ0v) is 13.0. The largest absolute Gasteiger partial charge is 0.335 e. The summed E-state index contributed by atoms with van der Waals surface area (Å²) in [5.41, 5.74) is 7.58. The summed E-state index contributed by atoms with van der Waals surface area (Å²) in [4.78, 5) is 16.5. The van der Waals surface area contributed by atoms with Crippen molar-refractivity contribution >= 4 is 17.2 Å². The van der Waals surface area contributed by atoms with Crippen LogP contribution in [0.5, 0.6) is 0 Å². The molecule has 2 N–H and O–H groups in total. The van der Waals surface area contributed by atoms with Gasteiger partial charge in [-0.3, -0.25) is 4.79 Å². The molecule has 0 radical (unpaired) electrons. The molecule has 0 aromatic carbocycles. The summed E-state index contributed by atoms with van der Waals surface area (Å²) >= 11 is 1.83. The summed E-state index contributed by atoms with van der Waals surface area (Å²) in [6, 6.07) is 2.54. The molecule has 3 nitrogen and oxygen atoms in total. The van der Waals surface area contributed by atoms with Crippen molar-refractivity contribution in [3.05, 3.63) is 21.9 Å². The van der Waals surface area contributed by atoms with Gasteiger partial charge in [0.15, 0.2) is 0 Å². The number of amides is 1. The van der Waals surface area contributed by atoms with Crippen LogP contribution in [0.1, 0.15) is 55.5 Å². The van der Waals surface area contributed by atoms with E-state index in [0.29, 0.717) is 5.91 Å². The average Bonchev–Trinajstić information content (AvgIpc) is 2.94. The lowest BCUT2D eigenvalue weighted by Gasteiger charge is -2.39. The first-order chi connectivity index (χ1) is 9.72. The molecule has 2 aliphatic rings. The first kappa shape index (κ1) is 14.1. The highest BCUT2D eigenvalue weighted by Crippen LogP contribution is 2.37. The highest BCUT2D eigenvalue weighted by molar-refractivity contribution is 7.10. The monoisotopic (exact) mass is 292 g/mol. The zero-order valence-electron chi connectivity index (χ0n) is 12.2. The number of nitrogens with two attached hydrogens (primary N) is 1. The van der Waals surface area contributed by atoms with Gasteiger partial charge in [-0.05, 0) is 42.7 Å². The Morgan fingerprint density at radius 3 is 3.00 bits per heavy atom. The quantitative estimate of drug-likeness (QED) is 0.910. The van der Waals surface area contributed by atoms with E-state index in [0.717, 1.165) is 38.6 Å². The van der Waals surface area contributed by atoms with Crippen LogP contribution in [-0.4, -0.2) is 23.4 Å². The number of carbonyl (C=O) groups excluding carboxylic acids is 1. The maximum atomic E-state index is 12.9. The Hall–Kier alpha value is -0.870. The fourth-order valence-electron chi connectivity index (χ4n) is 3.78. The van der Waals surface area contributed by atoms with E-state index in [9.17, 15) is 4.79 Å². The van der Waals surface area contributed by atoms with E-state index in [-0.39, 0.29) is 18.0 Å². The lowest BCUT2D eigenvalue weighted by Crippen LogP contribution is -2.48. The van der Waals surface area contributed by atoms with Crippen molar-refractivity contribution in [1.82, 2.24) is 4.90 Å². The first-order valence-electron chi connectivity index (χ1n) is 7.84. The number of carbonyl (C=O) groups is 1. The van der Waals surface area contributed by atoms with Gasteiger partial charge in [-0.25, -0.2) is 0 Å². The standard InChI is InChI=1S/C16H24N2OS/c1-2-14-12-8-10-20-15(12)7-9-18(14)16(19)11-5-3-4-6-13(11)17/h8,10-11,13-14H,2-7,9,17H2,1H3. The Kier molecular flexibility index (Phi) is 4.13. The Balaban J connectivity index is 1.81. The minimum Gasteiger partial charge on any atom is -0.335 e. The molecule has 4 heteroatoms. The number of nitrogens with zero attached hydrogens (tertiary/aromatic N) is 1. The lowest BCUT2D eigenvalue weighted by atomic mass is 9.83. The molecule has 2 heterocycles. The topological polar surface area (TPSA) is 46.3 Å². The smallest absolute Gasteiger partial charge is 0.227 e. The molecule has 1 aromatic heterocycles. The van der Waals surface area contributed by atoms with E-state index >= 15 is 0 Å². The average molecular weight is 292 g/mol. The van der Waals surface area contributed by atoms with E-state index in [1.165, 1.54) is 16.9 Å². The van der Waals surface area contributed by atoms with Crippen LogP contribution in [0.4, 0.5) is 0 Å². The van der Waals surface area contributed by atoms with Crippen LogP contribution in [0, 0.1) is 5.92 Å². The second kappa shape index (κ2) is 5.86. The second-order valence-electron chi connectivity index (χ2n) is 6.06. The SMILES string of the molecule is CCC1c2ccsc2CCN1C(=O)C1CCCCC1N. The van der Waals surface area contributed by atoms with Gasteiger partial charge in [-0.1, -0.05) is 19.8 Å². The highest BCUT2D eigenvalue weighted by Gasteiger charge is 2.36. The van der Waals surface area contributed by atoms with Gasteiger partial charge in [0, 0.05) is 17.5 Å². The van der Waals surface area contributed by atoms with Crippen LogP contribution in [0.15, 0.2) is 11.4 Å². The van der Waals surface area contributed by atoms with Crippen LogP contribution in [0.25, 0.3) is 0 Å². The zero-order chi connectivity index (χ0) is 14.1. The summed E-state index contributed by atoms with van der Waals surface area (Å²) in [6.07, 6.45) is 6.32. The highest BCUT2D eigenvalue weighted by atomic mass is 32.1. The van der Waals surface area contributed by atoms with Gasteiger partial charge in [0.25, 0.3) is 0 Å². The molecular formula is C16H24N2OS. The molecule has 3 rings (SSSR count). The Morgan fingerprint density at radius 1 is 1.45 bits per heavy atom. The summed E-state index contributed by atoms with van der Waals surface area (Å²) in [7, 11) is 0. The van der Waals surface area contributed by atoms with Gasteiger partial charge in [0.05, 0.1) is 12.0 Å². The summed E-state index contributed by atoms with van der Waals surface area (Å²) in [6.45, 7) is 3.05. The molecule has 3 atom stereocenters. The minimum atomic E-state index is 0.0537. The van der Waals surface area contributed by atoms with Crippen molar-refractivity contribution in [3.8, 4) is 0 Å². The molecule has 1 aliphatic heterocycles. The molecule has 0 spiro atoms. The lowest BCUT2D eigenvalue weighted by molar-refractivity contribution is -0.140. The molecule has 1 amide bonds. The van der Waals surface area contributed by atoms with Crippen LogP contribution in [0.3, 0.4) is 0 Å². The van der Waals surface area contributed by atoms with Crippen molar-refractivity contribution in [1.29, 1.82) is 0 Å². The molecule has 1 fully saturated rings. The van der Waals surface area contributed by atoms with Crippen molar-refractivity contribution in [2.45, 2.75) is 57.5 Å². The number of hydrogen-bond donors (Lipinski definition) is 1. The van der Waals surface area contributed by atoms with Crippen molar-refractivity contribution < 1.29 is 4.79 Å². The van der Waals surface area contributed by atoms with Crippen molar-refractivity contribution in [2.75, 3.05) is 6.54 Å². The Labute approximate surface area is 125 Å². The van der Waals surface area contributed by atoms with E-state index in [1.54, 1.807) is 0 Å². The van der Waals surface area contributed by atoms with Crippen LogP contribution >= 0.6 is 11.3 Å². The Bertz CT molecular complexity index is 485. The van der Waals surface area contributed by atoms with Crippen LogP contribution in [0.2, 0.25) is 0 Å². The number of rotatable bonds is 2. The molecular weight excluding hydrogens is 268 g/mol. The van der Waals surface area contributed by atoms with Crippen molar-refractivity contribution in [3.63, 3.8) is 0 Å². The predicted octanol–water partition coefficient (Wildman–Crippen LogP) is 3.10. The van der Waals surface area contributed by atoms with Gasteiger partial charge in [0.1, 0.15) is 0 Å². The maximum Gasteiger partial charge on any atom is 0.227 e. The summed E-state index contributed by atoms with van der Waals surface area (Å²) in [5.74, 6) is 0.360. The molecule has 0 saturated heterocycles. The van der Waals surface area contributed by atoms with E-state index in [1.807, 2.05) is 11.3 Å². The van der Waals surface area contributed by atoms with Gasteiger partial charge in [-0.2, -0.15) is 0 Å². The predicted molar refractivity (Wildman–Crippen MR) is 82.7 cm³/mol. The third kappa shape index (κ3) is 2.40. The first-order valence-corrected chi connectivity index (χ1v) is 8.72. The van der Waals surface area contributed by atoms with Gasteiger partial charge >= 0.3 is 0 Å². The fraction of sp³-hybridized carbons (Fsp3) is 0.688. The third-order valence-corrected chi connectivity index (χ3v) is 5.90. The van der Waals surface area contributed by atoms with Gasteiger partial charge in [-0.15, -0.1) is 11.3 Å². The normalized spacial score (nSPS) is 30.1. The van der Waals surface area contributed by atoms with Gasteiger partial charge < -0.3 is 10.6 Å². The van der Waals surface area contributed by atoms with Crippen molar-refractivity contribution in [2.24, 2.45) is 11.7 Å². The molecule has 1 aliphatic carbocycles. The molecule has 20 heavy (non-hydrogen) atoms. The minimum absolute atomic E-state index is 0.0537. The van der Waals surface area contributed by atoms with E-state index in [2.05, 4.69) is 23.3 Å². The van der Waals surface area contributed by atoms with Crippen LogP contribution < -0.4 is 5.73 Å². The number of hydrogen-bond acceptors (Lipinski definition) is 3. The number of thiophene rings is 1. The second-order valence-corrected chi connectivity index (χ2v) is 7.06. The molecule has 1 aromatic rings. The fourth-order valence-corrected chi connectivity index (χ4v) is 4.71. The molecule has 110 valence electrons. The molecule has 1 saturated carbocycles. The number of fused-ring (bicyclic) bond motifs is 1. The van der Waals surface area contributed by atoms with E-state index in [4.69, 9.17) is 5.73 Å². The van der Waals surface area contributed by atoms with Gasteiger partial charge in [0.2, 0.25) is 5.91 Å².